The summed E-state index contributed by atoms with van der Waals surface area (Å²) in [5.41, 5.74) is 0. The first-order chi connectivity index (χ1) is 12.3. The number of ether oxygens (including phenoxy) is 1. The van der Waals surface area contributed by atoms with Crippen molar-refractivity contribution in [3.8, 4) is 5.75 Å². The van der Waals surface area contributed by atoms with Gasteiger partial charge in [-0.05, 0) is 24.3 Å². The minimum absolute atomic E-state index is 0.350. The number of fused-ring (bicyclic) bond motifs is 1. The molecule has 0 radical (unpaired) electrons. The van der Waals surface area contributed by atoms with E-state index >= 15 is 0 Å². The molecule has 0 spiro atoms. The second-order valence-corrected chi connectivity index (χ2v) is 7.62. The van der Waals surface area contributed by atoms with Gasteiger partial charge in [-0.3, -0.25) is 0 Å². The monoisotopic (exact) mass is 388 g/mol. The molecule has 0 aliphatic carbocycles. The van der Waals surface area contributed by atoms with Gasteiger partial charge in [0.15, 0.2) is 10.8 Å². The summed E-state index contributed by atoms with van der Waals surface area (Å²) in [7, 11) is 0. The van der Waals surface area contributed by atoms with Gasteiger partial charge in [-0.1, -0.05) is 53.3 Å². The summed E-state index contributed by atoms with van der Waals surface area (Å²) in [4.78, 5) is 1.96. The molecule has 0 aliphatic rings. The van der Waals surface area contributed by atoms with Crippen molar-refractivity contribution >= 4 is 39.7 Å². The van der Waals surface area contributed by atoms with Gasteiger partial charge in [-0.15, -0.1) is 22.0 Å². The van der Waals surface area contributed by atoms with Crippen LogP contribution in [0.2, 0.25) is 5.02 Å². The standard InChI is InChI=1S/C17H13ClN4OS2/c18-13-8-4-5-9-14(13)23-10-16-21-22-15(19-20-17(22)25-16)11-24-12-6-2-1-3-7-12/h1-9H,10-11H2. The van der Waals surface area contributed by atoms with Gasteiger partial charge in [-0.25, -0.2) is 0 Å². The Morgan fingerprint density at radius 1 is 1.04 bits per heavy atom. The lowest BCUT2D eigenvalue weighted by Crippen LogP contribution is -1.99. The summed E-state index contributed by atoms with van der Waals surface area (Å²) in [6.07, 6.45) is 0. The summed E-state index contributed by atoms with van der Waals surface area (Å²) in [5.74, 6) is 2.18. The fourth-order valence-electron chi connectivity index (χ4n) is 2.21. The van der Waals surface area contributed by atoms with Crippen molar-refractivity contribution in [2.24, 2.45) is 0 Å². The number of benzene rings is 2. The van der Waals surface area contributed by atoms with E-state index in [1.54, 1.807) is 22.3 Å². The lowest BCUT2D eigenvalue weighted by Gasteiger charge is -2.04. The van der Waals surface area contributed by atoms with E-state index in [1.165, 1.54) is 16.2 Å². The molecule has 0 amide bonds. The minimum Gasteiger partial charge on any atom is -0.485 e. The first-order valence-electron chi connectivity index (χ1n) is 7.55. The molecular formula is C17H13ClN4OS2. The van der Waals surface area contributed by atoms with Crippen LogP contribution in [-0.2, 0) is 12.4 Å². The molecule has 0 bridgehead atoms. The minimum atomic E-state index is 0.350. The highest BCUT2D eigenvalue weighted by Crippen LogP contribution is 2.26. The maximum Gasteiger partial charge on any atom is 0.234 e. The Morgan fingerprint density at radius 3 is 2.68 bits per heavy atom. The van der Waals surface area contributed by atoms with Crippen molar-refractivity contribution in [2.75, 3.05) is 0 Å². The third-order valence-corrected chi connectivity index (χ3v) is 5.59. The molecule has 126 valence electrons. The first-order valence-corrected chi connectivity index (χ1v) is 9.73. The summed E-state index contributed by atoms with van der Waals surface area (Å²) in [6.45, 7) is 0.350. The van der Waals surface area contributed by atoms with E-state index in [2.05, 4.69) is 27.4 Å². The summed E-state index contributed by atoms with van der Waals surface area (Å²) < 4.78 is 7.52. The van der Waals surface area contributed by atoms with Crippen LogP contribution in [0.3, 0.4) is 0 Å². The molecule has 2 aromatic heterocycles. The smallest absolute Gasteiger partial charge is 0.234 e. The molecule has 8 heteroatoms. The van der Waals surface area contributed by atoms with Crippen LogP contribution in [0.25, 0.3) is 4.96 Å². The maximum absolute atomic E-state index is 6.10. The molecule has 5 nitrogen and oxygen atoms in total. The Bertz CT molecular complexity index is 987. The number of para-hydroxylation sites is 1. The van der Waals surface area contributed by atoms with Gasteiger partial charge in [0, 0.05) is 4.90 Å². The first kappa shape index (κ1) is 16.4. The van der Waals surface area contributed by atoms with Crippen molar-refractivity contribution < 1.29 is 4.74 Å². The fourth-order valence-corrected chi connectivity index (χ4v) is 3.99. The fraction of sp³-hybridized carbons (Fsp3) is 0.118. The van der Waals surface area contributed by atoms with Crippen molar-refractivity contribution in [2.45, 2.75) is 17.3 Å². The Labute approximate surface area is 157 Å². The molecule has 2 heterocycles. The van der Waals surface area contributed by atoms with Crippen molar-refractivity contribution in [1.82, 2.24) is 19.8 Å². The third-order valence-electron chi connectivity index (χ3n) is 3.40. The van der Waals surface area contributed by atoms with Crippen LogP contribution in [0.5, 0.6) is 5.75 Å². The number of halogens is 1. The number of hydrogen-bond donors (Lipinski definition) is 0. The van der Waals surface area contributed by atoms with Gasteiger partial charge < -0.3 is 4.74 Å². The van der Waals surface area contributed by atoms with Crippen LogP contribution in [0.1, 0.15) is 10.8 Å². The van der Waals surface area contributed by atoms with Gasteiger partial charge in [0.2, 0.25) is 4.96 Å². The van der Waals surface area contributed by atoms with Gasteiger partial charge in [0.25, 0.3) is 0 Å². The van der Waals surface area contributed by atoms with E-state index in [9.17, 15) is 0 Å². The van der Waals surface area contributed by atoms with Gasteiger partial charge in [0.1, 0.15) is 12.4 Å². The predicted molar refractivity (Wildman–Crippen MR) is 100 cm³/mol. The van der Waals surface area contributed by atoms with Crippen LogP contribution in [0, 0.1) is 0 Å². The summed E-state index contributed by atoms with van der Waals surface area (Å²) in [5, 5.41) is 14.4. The second-order valence-electron chi connectivity index (χ2n) is 5.13. The number of nitrogens with zero attached hydrogens (tertiary/aromatic N) is 4. The average Bonchev–Trinajstić information content (AvgIpc) is 3.21. The van der Waals surface area contributed by atoms with E-state index in [0.29, 0.717) is 23.1 Å². The summed E-state index contributed by atoms with van der Waals surface area (Å²) in [6, 6.07) is 17.6. The normalized spacial score (nSPS) is 11.1. The Kier molecular flexibility index (Phi) is 4.87. The Morgan fingerprint density at radius 2 is 1.84 bits per heavy atom. The van der Waals surface area contributed by atoms with Crippen molar-refractivity contribution in [3.05, 3.63) is 70.5 Å². The van der Waals surface area contributed by atoms with Crippen LogP contribution in [-0.4, -0.2) is 19.8 Å². The van der Waals surface area contributed by atoms with E-state index < -0.39 is 0 Å². The van der Waals surface area contributed by atoms with Crippen LogP contribution in [0.4, 0.5) is 0 Å². The predicted octanol–water partition coefficient (Wildman–Crippen LogP) is 4.71. The molecule has 4 aromatic rings. The van der Waals surface area contributed by atoms with Crippen molar-refractivity contribution in [1.29, 1.82) is 0 Å². The lowest BCUT2D eigenvalue weighted by molar-refractivity contribution is 0.304. The van der Waals surface area contributed by atoms with E-state index in [4.69, 9.17) is 16.3 Å². The molecule has 0 N–H and O–H groups in total. The van der Waals surface area contributed by atoms with Crippen LogP contribution in [0.15, 0.2) is 59.5 Å². The van der Waals surface area contributed by atoms with Gasteiger partial charge in [0.05, 0.1) is 10.8 Å². The highest BCUT2D eigenvalue weighted by molar-refractivity contribution is 7.98. The lowest BCUT2D eigenvalue weighted by atomic mass is 10.3. The quantitative estimate of drug-likeness (QED) is 0.448. The van der Waals surface area contributed by atoms with Crippen LogP contribution < -0.4 is 4.74 Å². The number of rotatable bonds is 6. The molecule has 0 atom stereocenters. The molecule has 0 fully saturated rings. The van der Waals surface area contributed by atoms with E-state index in [-0.39, 0.29) is 0 Å². The second kappa shape index (κ2) is 7.43. The zero-order valence-electron chi connectivity index (χ0n) is 13.0. The molecule has 0 saturated heterocycles. The highest BCUT2D eigenvalue weighted by atomic mass is 35.5. The Hall–Kier alpha value is -2.09. The van der Waals surface area contributed by atoms with Crippen molar-refractivity contribution in [3.63, 3.8) is 0 Å². The summed E-state index contributed by atoms with van der Waals surface area (Å²) >= 11 is 9.27. The third kappa shape index (κ3) is 3.78. The number of thioether (sulfide) groups is 1. The molecule has 4 rings (SSSR count). The van der Waals surface area contributed by atoms with Gasteiger partial charge >= 0.3 is 0 Å². The largest absolute Gasteiger partial charge is 0.485 e. The molecule has 0 aliphatic heterocycles. The molecule has 0 saturated carbocycles. The highest BCUT2D eigenvalue weighted by Gasteiger charge is 2.13. The maximum atomic E-state index is 6.10. The zero-order valence-corrected chi connectivity index (χ0v) is 15.4. The zero-order chi connectivity index (χ0) is 17.1. The average molecular weight is 389 g/mol. The number of aromatic nitrogens is 4. The van der Waals surface area contributed by atoms with Gasteiger partial charge in [-0.2, -0.15) is 9.61 Å². The molecular weight excluding hydrogens is 376 g/mol. The van der Waals surface area contributed by atoms with E-state index in [0.717, 1.165) is 15.8 Å². The SMILES string of the molecule is Clc1ccccc1OCc1nn2c(CSc3ccccc3)nnc2s1. The Balaban J connectivity index is 1.46. The van der Waals surface area contributed by atoms with E-state index in [1.807, 2.05) is 36.4 Å². The molecule has 0 unspecified atom stereocenters. The number of hydrogen-bond acceptors (Lipinski definition) is 6. The molecule has 25 heavy (non-hydrogen) atoms. The van der Waals surface area contributed by atoms with Crippen LogP contribution >= 0.6 is 34.7 Å². The topological polar surface area (TPSA) is 52.3 Å². The molecule has 2 aromatic carbocycles.